The molecule has 2 aromatic rings. The van der Waals surface area contributed by atoms with Crippen LogP contribution in [0.15, 0.2) is 48.7 Å². The lowest BCUT2D eigenvalue weighted by Crippen LogP contribution is -2.49. The standard InChI is InChI=1S/C28H29F6N5O/c1-18(14-26(40)39-12-10-38(11-13-39)23-8-9-25(36-17-23)28(32,33)34)19-2-5-21(6-3-19)37-22-7-4-20(16-35)24(15-22)27(29,30)31/h4,7-9,15,17,19,21,37H,1-3,5-6,10-14H2. The van der Waals surface area contributed by atoms with Crippen molar-refractivity contribution in [1.29, 1.82) is 5.26 Å². The van der Waals surface area contributed by atoms with Crippen LogP contribution in [0.4, 0.5) is 37.7 Å². The number of piperazine rings is 1. The summed E-state index contributed by atoms with van der Waals surface area (Å²) < 4.78 is 78.0. The van der Waals surface area contributed by atoms with E-state index in [1.807, 2.05) is 4.90 Å². The molecule has 0 unspecified atom stereocenters. The van der Waals surface area contributed by atoms with Crippen molar-refractivity contribution in [3.05, 3.63) is 65.5 Å². The molecule has 12 heteroatoms. The van der Waals surface area contributed by atoms with Gasteiger partial charge in [-0.2, -0.15) is 31.6 Å². The number of amides is 1. The molecule has 1 aliphatic carbocycles. The Morgan fingerprint density at radius 2 is 1.68 bits per heavy atom. The van der Waals surface area contributed by atoms with Crippen LogP contribution in [0.5, 0.6) is 0 Å². The number of hydrogen-bond acceptors (Lipinski definition) is 5. The lowest BCUT2D eigenvalue weighted by Gasteiger charge is -2.37. The first-order chi connectivity index (χ1) is 18.8. The fraction of sp³-hybridized carbons (Fsp3) is 0.464. The number of alkyl halides is 6. The molecule has 2 heterocycles. The Balaban J connectivity index is 1.22. The summed E-state index contributed by atoms with van der Waals surface area (Å²) in [5.74, 6) is 0.0842. The Kier molecular flexibility index (Phi) is 8.61. The molecule has 1 amide bonds. The van der Waals surface area contributed by atoms with Crippen molar-refractivity contribution in [2.24, 2.45) is 5.92 Å². The molecule has 214 valence electrons. The summed E-state index contributed by atoms with van der Waals surface area (Å²) >= 11 is 0. The van der Waals surface area contributed by atoms with E-state index >= 15 is 0 Å². The number of nitrogens with zero attached hydrogens (tertiary/aromatic N) is 4. The van der Waals surface area contributed by atoms with Gasteiger partial charge in [-0.3, -0.25) is 4.79 Å². The van der Waals surface area contributed by atoms with Gasteiger partial charge in [-0.1, -0.05) is 12.2 Å². The second kappa shape index (κ2) is 11.8. The molecular weight excluding hydrogens is 536 g/mol. The molecule has 0 atom stereocenters. The van der Waals surface area contributed by atoms with E-state index in [1.165, 1.54) is 24.4 Å². The van der Waals surface area contributed by atoms with Crippen molar-refractivity contribution in [2.75, 3.05) is 36.4 Å². The summed E-state index contributed by atoms with van der Waals surface area (Å²) in [5, 5.41) is 12.1. The van der Waals surface area contributed by atoms with Gasteiger partial charge in [0.25, 0.3) is 0 Å². The first-order valence-electron chi connectivity index (χ1n) is 13.0. The molecule has 0 spiro atoms. The second-order valence-corrected chi connectivity index (χ2v) is 10.2. The Bertz CT molecular complexity index is 1250. The van der Waals surface area contributed by atoms with Crippen LogP contribution in [0.3, 0.4) is 0 Å². The highest BCUT2D eigenvalue weighted by atomic mass is 19.4. The Morgan fingerprint density at radius 3 is 2.23 bits per heavy atom. The fourth-order valence-corrected chi connectivity index (χ4v) is 5.25. The van der Waals surface area contributed by atoms with Crippen molar-refractivity contribution in [2.45, 2.75) is 50.5 Å². The number of carbonyl (C=O) groups excluding carboxylic acids is 1. The van der Waals surface area contributed by atoms with Crippen LogP contribution in [0.1, 0.15) is 48.9 Å². The number of nitriles is 1. The normalized spacial score (nSPS) is 20.1. The van der Waals surface area contributed by atoms with E-state index in [2.05, 4.69) is 16.9 Å². The highest BCUT2D eigenvalue weighted by molar-refractivity contribution is 5.79. The second-order valence-electron chi connectivity index (χ2n) is 10.2. The number of pyridine rings is 1. The molecule has 1 aromatic heterocycles. The monoisotopic (exact) mass is 565 g/mol. The summed E-state index contributed by atoms with van der Waals surface area (Å²) in [5.41, 5.74) is -0.604. The number of aromatic nitrogens is 1. The predicted molar refractivity (Wildman–Crippen MR) is 137 cm³/mol. The summed E-state index contributed by atoms with van der Waals surface area (Å²) in [7, 11) is 0. The van der Waals surface area contributed by atoms with E-state index < -0.39 is 29.2 Å². The van der Waals surface area contributed by atoms with Crippen molar-refractivity contribution < 1.29 is 31.1 Å². The summed E-state index contributed by atoms with van der Waals surface area (Å²) in [4.78, 5) is 20.0. The minimum Gasteiger partial charge on any atom is -0.382 e. The molecule has 40 heavy (non-hydrogen) atoms. The third kappa shape index (κ3) is 7.06. The quantitative estimate of drug-likeness (QED) is 0.331. The number of anilines is 2. The van der Waals surface area contributed by atoms with Crippen LogP contribution in [0, 0.1) is 17.2 Å². The summed E-state index contributed by atoms with van der Waals surface area (Å²) in [6.07, 6.45) is -4.79. The number of halogens is 6. The third-order valence-corrected chi connectivity index (χ3v) is 7.53. The molecule has 6 nitrogen and oxygen atoms in total. The molecule has 1 N–H and O–H groups in total. The number of hydrogen-bond donors (Lipinski definition) is 1. The topological polar surface area (TPSA) is 72.3 Å². The highest BCUT2D eigenvalue weighted by Gasteiger charge is 2.35. The molecule has 2 aliphatic rings. The van der Waals surface area contributed by atoms with Crippen LogP contribution < -0.4 is 10.2 Å². The smallest absolute Gasteiger partial charge is 0.382 e. The Morgan fingerprint density at radius 1 is 1.00 bits per heavy atom. The van der Waals surface area contributed by atoms with Crippen LogP contribution in [0.25, 0.3) is 0 Å². The van der Waals surface area contributed by atoms with E-state index in [4.69, 9.17) is 5.26 Å². The first-order valence-corrected chi connectivity index (χ1v) is 13.0. The molecule has 4 rings (SSSR count). The maximum absolute atomic E-state index is 13.3. The maximum atomic E-state index is 13.3. The van der Waals surface area contributed by atoms with Gasteiger partial charge >= 0.3 is 12.4 Å². The largest absolute Gasteiger partial charge is 0.433 e. The summed E-state index contributed by atoms with van der Waals surface area (Å²) in [6.45, 7) is 5.97. The van der Waals surface area contributed by atoms with Crippen molar-refractivity contribution in [1.82, 2.24) is 9.88 Å². The number of benzene rings is 1. The van der Waals surface area contributed by atoms with E-state index in [1.54, 1.807) is 11.0 Å². The molecule has 2 fully saturated rings. The van der Waals surface area contributed by atoms with E-state index in [0.29, 0.717) is 50.4 Å². The van der Waals surface area contributed by atoms with Crippen molar-refractivity contribution in [3.63, 3.8) is 0 Å². The van der Waals surface area contributed by atoms with Crippen LogP contribution in [-0.4, -0.2) is 48.0 Å². The average Bonchev–Trinajstić information content (AvgIpc) is 2.92. The lowest BCUT2D eigenvalue weighted by atomic mass is 9.80. The SMILES string of the molecule is C=C(CC(=O)N1CCN(c2ccc(C(F)(F)F)nc2)CC1)C1CCC(Nc2ccc(C#N)c(C(F)(F)F)c2)CC1. The minimum atomic E-state index is -4.61. The van der Waals surface area contributed by atoms with Crippen LogP contribution in [-0.2, 0) is 17.1 Å². The highest BCUT2D eigenvalue weighted by Crippen LogP contribution is 2.36. The zero-order valence-corrected chi connectivity index (χ0v) is 21.7. The van der Waals surface area contributed by atoms with Gasteiger partial charge in [-0.05, 0) is 61.9 Å². The zero-order valence-electron chi connectivity index (χ0n) is 21.7. The van der Waals surface area contributed by atoms with Gasteiger partial charge in [0.1, 0.15) is 5.69 Å². The molecule has 1 aliphatic heterocycles. The average molecular weight is 566 g/mol. The lowest BCUT2D eigenvalue weighted by molar-refractivity contribution is -0.141. The zero-order chi connectivity index (χ0) is 29.1. The van der Waals surface area contributed by atoms with E-state index in [-0.39, 0.29) is 24.3 Å². The van der Waals surface area contributed by atoms with Crippen LogP contribution in [0.2, 0.25) is 0 Å². The number of nitrogens with one attached hydrogen (secondary N) is 1. The molecule has 1 saturated heterocycles. The third-order valence-electron chi connectivity index (χ3n) is 7.53. The van der Waals surface area contributed by atoms with Gasteiger partial charge in [0.15, 0.2) is 0 Å². The number of rotatable bonds is 6. The summed E-state index contributed by atoms with van der Waals surface area (Å²) in [6, 6.07) is 7.50. The predicted octanol–water partition coefficient (Wildman–Crippen LogP) is 6.26. The molecule has 1 saturated carbocycles. The van der Waals surface area contributed by atoms with Gasteiger partial charge in [0, 0.05) is 44.3 Å². The fourth-order valence-electron chi connectivity index (χ4n) is 5.25. The Labute approximate surface area is 228 Å². The molecular formula is C28H29F6N5O. The first kappa shape index (κ1) is 29.2. The maximum Gasteiger partial charge on any atom is 0.433 e. The van der Waals surface area contributed by atoms with Gasteiger partial charge in [-0.15, -0.1) is 0 Å². The Hall–Kier alpha value is -3.75. The van der Waals surface area contributed by atoms with E-state index in [9.17, 15) is 31.1 Å². The van der Waals surface area contributed by atoms with Gasteiger partial charge < -0.3 is 15.1 Å². The van der Waals surface area contributed by atoms with Crippen molar-refractivity contribution in [3.8, 4) is 6.07 Å². The minimum absolute atomic E-state index is 0.0264. The molecule has 0 bridgehead atoms. The van der Waals surface area contributed by atoms with Crippen LogP contribution >= 0.6 is 0 Å². The van der Waals surface area contributed by atoms with E-state index in [0.717, 1.165) is 30.5 Å². The van der Waals surface area contributed by atoms with Gasteiger partial charge in [0.2, 0.25) is 5.91 Å². The van der Waals surface area contributed by atoms with Crippen molar-refractivity contribution >= 4 is 17.3 Å². The molecule has 0 radical (unpaired) electrons. The van der Waals surface area contributed by atoms with Gasteiger partial charge in [-0.25, -0.2) is 4.98 Å². The molecule has 1 aromatic carbocycles. The number of carbonyl (C=O) groups is 1. The van der Waals surface area contributed by atoms with Gasteiger partial charge in [0.05, 0.1) is 29.1 Å².